The topological polar surface area (TPSA) is 55.2 Å². The van der Waals surface area contributed by atoms with E-state index in [1.807, 2.05) is 18.0 Å². The van der Waals surface area contributed by atoms with Crippen molar-refractivity contribution in [3.05, 3.63) is 62.5 Å². The molecule has 0 spiro atoms. The zero-order chi connectivity index (χ0) is 20.0. The molecule has 0 saturated carbocycles. The van der Waals surface area contributed by atoms with Crippen LogP contribution in [0.1, 0.15) is 53.3 Å². The van der Waals surface area contributed by atoms with Crippen molar-refractivity contribution in [2.75, 3.05) is 7.05 Å². The molecule has 5 nitrogen and oxygen atoms in total. The average molecular weight is 408 g/mol. The Hall–Kier alpha value is -2.47. The van der Waals surface area contributed by atoms with Gasteiger partial charge in [0.05, 0.1) is 17.8 Å². The van der Waals surface area contributed by atoms with E-state index in [1.54, 1.807) is 17.7 Å². The number of hydrogen-bond acceptors (Lipinski definition) is 4. The molecule has 0 N–H and O–H groups in total. The van der Waals surface area contributed by atoms with Crippen LogP contribution in [0.5, 0.6) is 0 Å². The second kappa shape index (κ2) is 7.41. The standard InChI is InChI=1S/C23H25N3O2S/c1-25(18-11-6-8-15-7-2-3-9-16(15)18)20(27)13-26-14-24-22-21(23(26)28)17-10-4-5-12-19(17)29-22/h2-3,7,9,14,18H,4-6,8,10-13H2,1H3/t18-/m1/s1. The van der Waals surface area contributed by atoms with Crippen molar-refractivity contribution < 1.29 is 4.79 Å². The minimum atomic E-state index is -0.0693. The SMILES string of the molecule is CN(C(=O)Cn1cnc2sc3c(c2c1=O)CCCC3)[C@@H]1CCCc2ccccc21. The number of aryl methyl sites for hydroxylation is 3. The molecule has 3 aromatic rings. The summed E-state index contributed by atoms with van der Waals surface area (Å²) in [4.78, 5) is 34.7. The van der Waals surface area contributed by atoms with Crippen LogP contribution in [0.15, 0.2) is 35.4 Å². The van der Waals surface area contributed by atoms with Gasteiger partial charge in [-0.25, -0.2) is 4.98 Å². The molecule has 2 aliphatic carbocycles. The Balaban J connectivity index is 1.43. The molecule has 5 rings (SSSR count). The van der Waals surface area contributed by atoms with Gasteiger partial charge in [0.2, 0.25) is 5.91 Å². The van der Waals surface area contributed by atoms with Crippen LogP contribution in [0.4, 0.5) is 0 Å². The highest BCUT2D eigenvalue weighted by Crippen LogP contribution is 2.34. The van der Waals surface area contributed by atoms with Crippen molar-refractivity contribution >= 4 is 27.5 Å². The summed E-state index contributed by atoms with van der Waals surface area (Å²) in [5.74, 6) is -0.0425. The number of likely N-dealkylation sites (N-methyl/N-ethyl adjacent to an activating group) is 1. The molecule has 0 unspecified atom stereocenters. The summed E-state index contributed by atoms with van der Waals surface area (Å²) in [7, 11) is 1.86. The second-order valence-electron chi connectivity index (χ2n) is 8.18. The fourth-order valence-corrected chi connectivity index (χ4v) is 6.07. The van der Waals surface area contributed by atoms with Crippen LogP contribution >= 0.6 is 11.3 Å². The lowest BCUT2D eigenvalue weighted by Gasteiger charge is -2.33. The quantitative estimate of drug-likeness (QED) is 0.662. The number of benzene rings is 1. The van der Waals surface area contributed by atoms with Crippen LogP contribution < -0.4 is 5.56 Å². The van der Waals surface area contributed by atoms with Gasteiger partial charge in [0.15, 0.2) is 0 Å². The van der Waals surface area contributed by atoms with Gasteiger partial charge in [0, 0.05) is 11.9 Å². The molecule has 1 amide bonds. The summed E-state index contributed by atoms with van der Waals surface area (Å²) in [5.41, 5.74) is 3.67. The Labute approximate surface area is 174 Å². The van der Waals surface area contributed by atoms with E-state index in [2.05, 4.69) is 23.2 Å². The molecule has 2 aromatic heterocycles. The summed E-state index contributed by atoms with van der Waals surface area (Å²) in [5, 5.41) is 0.741. The number of carbonyl (C=O) groups excluding carboxylic acids is 1. The zero-order valence-electron chi connectivity index (χ0n) is 16.7. The highest BCUT2D eigenvalue weighted by atomic mass is 32.1. The van der Waals surface area contributed by atoms with Gasteiger partial charge >= 0.3 is 0 Å². The Bertz CT molecular complexity index is 1150. The summed E-state index contributed by atoms with van der Waals surface area (Å²) in [6.45, 7) is 0.0432. The molecule has 29 heavy (non-hydrogen) atoms. The van der Waals surface area contributed by atoms with Gasteiger partial charge in [0.25, 0.3) is 5.56 Å². The van der Waals surface area contributed by atoms with E-state index in [1.165, 1.54) is 32.6 Å². The molecule has 0 radical (unpaired) electrons. The molecule has 0 aliphatic heterocycles. The van der Waals surface area contributed by atoms with E-state index in [0.29, 0.717) is 0 Å². The maximum atomic E-state index is 13.2. The maximum absolute atomic E-state index is 13.2. The highest BCUT2D eigenvalue weighted by molar-refractivity contribution is 7.18. The van der Waals surface area contributed by atoms with E-state index >= 15 is 0 Å². The van der Waals surface area contributed by atoms with E-state index in [9.17, 15) is 9.59 Å². The lowest BCUT2D eigenvalue weighted by atomic mass is 9.87. The zero-order valence-corrected chi connectivity index (χ0v) is 17.5. The van der Waals surface area contributed by atoms with Crippen molar-refractivity contribution in [3.8, 4) is 0 Å². The third kappa shape index (κ3) is 3.19. The average Bonchev–Trinajstić information content (AvgIpc) is 3.14. The first-order valence-corrected chi connectivity index (χ1v) is 11.3. The number of rotatable bonds is 3. The van der Waals surface area contributed by atoms with Gasteiger partial charge < -0.3 is 4.90 Å². The predicted octanol–water partition coefficient (Wildman–Crippen LogP) is 3.87. The fraction of sp³-hybridized carbons (Fsp3) is 0.435. The number of aromatic nitrogens is 2. The highest BCUT2D eigenvalue weighted by Gasteiger charge is 2.27. The fourth-order valence-electron chi connectivity index (χ4n) is 4.86. The molecule has 2 heterocycles. The summed E-state index contributed by atoms with van der Waals surface area (Å²) in [6.07, 6.45) is 8.94. The van der Waals surface area contributed by atoms with Crippen molar-refractivity contribution in [2.45, 2.75) is 57.5 Å². The smallest absolute Gasteiger partial charge is 0.262 e. The summed E-state index contributed by atoms with van der Waals surface area (Å²) in [6, 6.07) is 8.46. The van der Waals surface area contributed by atoms with E-state index < -0.39 is 0 Å². The van der Waals surface area contributed by atoms with Crippen LogP contribution in [0.2, 0.25) is 0 Å². The van der Waals surface area contributed by atoms with E-state index in [-0.39, 0.29) is 24.1 Å². The predicted molar refractivity (Wildman–Crippen MR) is 115 cm³/mol. The molecule has 0 bridgehead atoms. The Morgan fingerprint density at radius 1 is 1.21 bits per heavy atom. The molecule has 1 atom stereocenters. The van der Waals surface area contributed by atoms with Crippen molar-refractivity contribution in [1.29, 1.82) is 0 Å². The normalized spacial score (nSPS) is 18.3. The first-order valence-electron chi connectivity index (χ1n) is 10.5. The van der Waals surface area contributed by atoms with Crippen LogP contribution in [0.3, 0.4) is 0 Å². The molecular formula is C23H25N3O2S. The van der Waals surface area contributed by atoms with Crippen LogP contribution in [-0.2, 0) is 30.6 Å². The van der Waals surface area contributed by atoms with Gasteiger partial charge in [-0.15, -0.1) is 11.3 Å². The molecule has 150 valence electrons. The molecule has 2 aliphatic rings. The van der Waals surface area contributed by atoms with Crippen molar-refractivity contribution in [3.63, 3.8) is 0 Å². The first kappa shape index (κ1) is 18.6. The Morgan fingerprint density at radius 3 is 2.93 bits per heavy atom. The lowest BCUT2D eigenvalue weighted by Crippen LogP contribution is -2.37. The maximum Gasteiger partial charge on any atom is 0.262 e. The minimum absolute atomic E-state index is 0.0425. The number of carbonyl (C=O) groups is 1. The third-order valence-corrected chi connectivity index (χ3v) is 7.65. The number of thiophene rings is 1. The van der Waals surface area contributed by atoms with Crippen LogP contribution in [-0.4, -0.2) is 27.4 Å². The Kier molecular flexibility index (Phi) is 4.74. The number of hydrogen-bond donors (Lipinski definition) is 0. The monoisotopic (exact) mass is 407 g/mol. The molecular weight excluding hydrogens is 382 g/mol. The third-order valence-electron chi connectivity index (χ3n) is 6.45. The number of fused-ring (bicyclic) bond motifs is 4. The number of nitrogens with zero attached hydrogens (tertiary/aromatic N) is 3. The Morgan fingerprint density at radius 2 is 2.03 bits per heavy atom. The molecule has 0 fully saturated rings. The summed E-state index contributed by atoms with van der Waals surface area (Å²) >= 11 is 1.64. The van der Waals surface area contributed by atoms with Crippen LogP contribution in [0.25, 0.3) is 10.2 Å². The number of amides is 1. The van der Waals surface area contributed by atoms with Crippen molar-refractivity contribution in [2.24, 2.45) is 0 Å². The lowest BCUT2D eigenvalue weighted by molar-refractivity contribution is -0.133. The van der Waals surface area contributed by atoms with Gasteiger partial charge in [-0.1, -0.05) is 24.3 Å². The molecule has 6 heteroatoms. The van der Waals surface area contributed by atoms with Gasteiger partial charge in [-0.2, -0.15) is 0 Å². The molecule has 0 saturated heterocycles. The van der Waals surface area contributed by atoms with Gasteiger partial charge in [-0.3, -0.25) is 14.2 Å². The second-order valence-corrected chi connectivity index (χ2v) is 9.26. The minimum Gasteiger partial charge on any atom is -0.337 e. The van der Waals surface area contributed by atoms with E-state index in [0.717, 1.165) is 48.7 Å². The molecule has 1 aromatic carbocycles. The largest absolute Gasteiger partial charge is 0.337 e. The van der Waals surface area contributed by atoms with E-state index in [4.69, 9.17) is 0 Å². The van der Waals surface area contributed by atoms with Gasteiger partial charge in [0.1, 0.15) is 11.4 Å². The van der Waals surface area contributed by atoms with Crippen molar-refractivity contribution in [1.82, 2.24) is 14.5 Å². The van der Waals surface area contributed by atoms with Gasteiger partial charge in [-0.05, 0) is 61.6 Å². The van der Waals surface area contributed by atoms with Crippen LogP contribution in [0, 0.1) is 0 Å². The summed E-state index contributed by atoms with van der Waals surface area (Å²) < 4.78 is 1.50. The first-order chi connectivity index (χ1) is 14.1.